The lowest BCUT2D eigenvalue weighted by atomic mass is 10.1. The molecule has 3 heteroatoms. The predicted octanol–water partition coefficient (Wildman–Crippen LogP) is 0.160. The van der Waals surface area contributed by atoms with Gasteiger partial charge >= 0.3 is 0 Å². The monoisotopic (exact) mass is 278 g/mol. The third kappa shape index (κ3) is 4.05. The summed E-state index contributed by atoms with van der Waals surface area (Å²) in [4.78, 5) is 3.15. The molecule has 0 saturated carbocycles. The fourth-order valence-electron chi connectivity index (χ4n) is 3.08. The lowest BCUT2D eigenvalue weighted by Gasteiger charge is -2.22. The number of quaternary nitrogens is 2. The highest BCUT2D eigenvalue weighted by Crippen LogP contribution is 2.22. The third-order valence-electron chi connectivity index (χ3n) is 4.11. The Morgan fingerprint density at radius 2 is 1.95 bits per heavy atom. The van der Waals surface area contributed by atoms with Crippen LogP contribution in [0.1, 0.15) is 31.9 Å². The first-order valence-corrected chi connectivity index (χ1v) is 7.92. The summed E-state index contributed by atoms with van der Waals surface area (Å²) in [6.45, 7) is 8.11. The predicted molar refractivity (Wildman–Crippen MR) is 81.9 cm³/mol. The fraction of sp³-hybridized carbons (Fsp3) is 0.647. The molecule has 1 aromatic rings. The van der Waals surface area contributed by atoms with Gasteiger partial charge in [-0.25, -0.2) is 0 Å². The summed E-state index contributed by atoms with van der Waals surface area (Å²) in [5, 5.41) is 0. The molecule has 3 atom stereocenters. The number of ether oxygens (including phenoxy) is 1. The Labute approximate surface area is 123 Å². The van der Waals surface area contributed by atoms with Crippen LogP contribution in [0, 0.1) is 5.92 Å². The first-order chi connectivity index (χ1) is 9.58. The van der Waals surface area contributed by atoms with E-state index in [1.54, 1.807) is 4.90 Å². The molecule has 1 fully saturated rings. The molecule has 1 saturated heterocycles. The highest BCUT2D eigenvalue weighted by Gasteiger charge is 2.38. The fourth-order valence-corrected chi connectivity index (χ4v) is 3.08. The van der Waals surface area contributed by atoms with Gasteiger partial charge in [-0.2, -0.15) is 0 Å². The van der Waals surface area contributed by atoms with Crippen LogP contribution in [-0.2, 0) is 4.74 Å². The normalized spacial score (nSPS) is 26.6. The molecule has 1 aromatic carbocycles. The summed E-state index contributed by atoms with van der Waals surface area (Å²) >= 11 is 0. The van der Waals surface area contributed by atoms with Crippen molar-refractivity contribution < 1.29 is 14.5 Å². The van der Waals surface area contributed by atoms with Gasteiger partial charge in [-0.05, 0) is 5.56 Å². The standard InChI is InChI=1S/C17H28N2O/c1-14(2)17-19(12-8-11-18(3)4)13-16(20-17)15-9-6-5-7-10-15/h5-7,9-10,14,16-17H,8,11-13H2,1-4H3/p+2/t16-,17+/m0/s1. The topological polar surface area (TPSA) is 18.1 Å². The Balaban J connectivity index is 1.96. The molecule has 0 aliphatic carbocycles. The van der Waals surface area contributed by atoms with Gasteiger partial charge in [0.15, 0.2) is 6.23 Å². The van der Waals surface area contributed by atoms with Crippen LogP contribution in [0.3, 0.4) is 0 Å². The van der Waals surface area contributed by atoms with Gasteiger partial charge < -0.3 is 14.5 Å². The van der Waals surface area contributed by atoms with Crippen molar-refractivity contribution in [1.82, 2.24) is 0 Å². The summed E-state index contributed by atoms with van der Waals surface area (Å²) in [5.74, 6) is 0.574. The zero-order chi connectivity index (χ0) is 14.5. The van der Waals surface area contributed by atoms with Crippen molar-refractivity contribution >= 4 is 0 Å². The van der Waals surface area contributed by atoms with Crippen molar-refractivity contribution in [2.45, 2.75) is 32.6 Å². The van der Waals surface area contributed by atoms with Crippen LogP contribution >= 0.6 is 0 Å². The summed E-state index contributed by atoms with van der Waals surface area (Å²) in [7, 11) is 4.45. The number of hydrogen-bond acceptors (Lipinski definition) is 1. The first kappa shape index (κ1) is 15.5. The minimum atomic E-state index is 0.269. The minimum Gasteiger partial charge on any atom is -0.340 e. The molecule has 1 unspecified atom stereocenters. The second kappa shape index (κ2) is 7.21. The highest BCUT2D eigenvalue weighted by molar-refractivity contribution is 5.17. The van der Waals surface area contributed by atoms with Crippen LogP contribution in [0.25, 0.3) is 0 Å². The molecule has 2 N–H and O–H groups in total. The van der Waals surface area contributed by atoms with E-state index < -0.39 is 0 Å². The van der Waals surface area contributed by atoms with E-state index in [4.69, 9.17) is 4.74 Å². The molecule has 0 amide bonds. The molecule has 0 radical (unpaired) electrons. The van der Waals surface area contributed by atoms with Crippen LogP contribution in [0.5, 0.6) is 0 Å². The van der Waals surface area contributed by atoms with Gasteiger partial charge in [-0.1, -0.05) is 44.2 Å². The largest absolute Gasteiger partial charge is 0.340 e. The average Bonchev–Trinajstić information content (AvgIpc) is 2.84. The Morgan fingerprint density at radius 1 is 1.25 bits per heavy atom. The molecule has 1 heterocycles. The Hall–Kier alpha value is -0.900. The van der Waals surface area contributed by atoms with Gasteiger partial charge in [0.05, 0.1) is 27.2 Å². The number of nitrogens with one attached hydrogen (secondary N) is 2. The lowest BCUT2D eigenvalue weighted by molar-refractivity contribution is -0.933. The third-order valence-corrected chi connectivity index (χ3v) is 4.11. The molecule has 2 rings (SSSR count). The van der Waals surface area contributed by atoms with E-state index in [9.17, 15) is 0 Å². The molecular weight excluding hydrogens is 248 g/mol. The Morgan fingerprint density at radius 3 is 2.55 bits per heavy atom. The van der Waals surface area contributed by atoms with Crippen LogP contribution in [0.15, 0.2) is 30.3 Å². The minimum absolute atomic E-state index is 0.269. The van der Waals surface area contributed by atoms with Crippen LogP contribution in [-0.4, -0.2) is 40.0 Å². The first-order valence-electron chi connectivity index (χ1n) is 7.92. The van der Waals surface area contributed by atoms with E-state index in [1.165, 1.54) is 30.0 Å². The maximum absolute atomic E-state index is 6.34. The van der Waals surface area contributed by atoms with E-state index in [1.807, 2.05) is 0 Å². The van der Waals surface area contributed by atoms with Gasteiger partial charge in [-0.3, -0.25) is 0 Å². The van der Waals surface area contributed by atoms with Crippen molar-refractivity contribution in [3.63, 3.8) is 0 Å². The highest BCUT2D eigenvalue weighted by atomic mass is 16.5. The van der Waals surface area contributed by atoms with Crippen molar-refractivity contribution in [1.29, 1.82) is 0 Å². The van der Waals surface area contributed by atoms with Crippen molar-refractivity contribution in [3.8, 4) is 0 Å². The van der Waals surface area contributed by atoms with Crippen LogP contribution in [0.4, 0.5) is 0 Å². The maximum atomic E-state index is 6.34. The lowest BCUT2D eigenvalue weighted by Crippen LogP contribution is -3.15. The van der Waals surface area contributed by atoms with Gasteiger partial charge in [-0.15, -0.1) is 0 Å². The van der Waals surface area contributed by atoms with Gasteiger partial charge in [0.1, 0.15) is 12.6 Å². The second-order valence-corrected chi connectivity index (χ2v) is 6.62. The molecular formula is C17H30N2O+2. The second-order valence-electron chi connectivity index (χ2n) is 6.62. The van der Waals surface area contributed by atoms with E-state index in [2.05, 4.69) is 58.3 Å². The van der Waals surface area contributed by atoms with E-state index >= 15 is 0 Å². The Kier molecular flexibility index (Phi) is 5.58. The van der Waals surface area contributed by atoms with Crippen molar-refractivity contribution in [2.75, 3.05) is 33.7 Å². The van der Waals surface area contributed by atoms with E-state index in [-0.39, 0.29) is 6.10 Å². The zero-order valence-corrected chi connectivity index (χ0v) is 13.4. The van der Waals surface area contributed by atoms with Crippen LogP contribution < -0.4 is 9.80 Å². The molecule has 3 nitrogen and oxygen atoms in total. The molecule has 112 valence electrons. The van der Waals surface area contributed by atoms with Gasteiger partial charge in [0, 0.05) is 12.3 Å². The summed E-state index contributed by atoms with van der Waals surface area (Å²) < 4.78 is 6.34. The molecule has 0 bridgehead atoms. The molecule has 1 aliphatic rings. The molecule has 0 spiro atoms. The quantitative estimate of drug-likeness (QED) is 0.759. The zero-order valence-electron chi connectivity index (χ0n) is 13.4. The summed E-state index contributed by atoms with van der Waals surface area (Å²) in [6.07, 6.45) is 1.88. The smallest absolute Gasteiger partial charge is 0.195 e. The van der Waals surface area contributed by atoms with E-state index in [0.717, 1.165) is 6.54 Å². The molecule has 20 heavy (non-hydrogen) atoms. The average molecular weight is 278 g/mol. The Bertz CT molecular complexity index is 391. The summed E-state index contributed by atoms with van der Waals surface area (Å²) in [5.41, 5.74) is 1.33. The number of rotatable bonds is 6. The number of hydrogen-bond donors (Lipinski definition) is 2. The van der Waals surface area contributed by atoms with E-state index in [0.29, 0.717) is 12.1 Å². The molecule has 1 aliphatic heterocycles. The number of benzene rings is 1. The van der Waals surface area contributed by atoms with Gasteiger partial charge in [0.25, 0.3) is 0 Å². The SMILES string of the molecule is CC(C)[C@H]1O[C@H](c2ccccc2)C[NH+]1CCC[NH+](C)C. The van der Waals surface area contributed by atoms with Gasteiger partial charge in [0.2, 0.25) is 0 Å². The van der Waals surface area contributed by atoms with Crippen molar-refractivity contribution in [2.24, 2.45) is 5.92 Å². The maximum Gasteiger partial charge on any atom is 0.195 e. The molecule has 0 aromatic heterocycles. The van der Waals surface area contributed by atoms with Crippen molar-refractivity contribution in [3.05, 3.63) is 35.9 Å². The summed E-state index contributed by atoms with van der Waals surface area (Å²) in [6, 6.07) is 10.7. The van der Waals surface area contributed by atoms with Crippen LogP contribution in [0.2, 0.25) is 0 Å².